The Morgan fingerprint density at radius 1 is 1.31 bits per heavy atom. The second-order valence-corrected chi connectivity index (χ2v) is 4.47. The van der Waals surface area contributed by atoms with Crippen molar-refractivity contribution in [3.63, 3.8) is 0 Å². The summed E-state index contributed by atoms with van der Waals surface area (Å²) in [6, 6.07) is 10.3. The van der Waals surface area contributed by atoms with Crippen LogP contribution in [0, 0.1) is 5.92 Å². The third-order valence-corrected chi connectivity index (χ3v) is 3.16. The van der Waals surface area contributed by atoms with Crippen molar-refractivity contribution in [1.82, 2.24) is 0 Å². The van der Waals surface area contributed by atoms with Crippen LogP contribution in [0.2, 0.25) is 0 Å². The lowest BCUT2D eigenvalue weighted by Gasteiger charge is -2.10. The molecule has 0 radical (unpaired) electrons. The van der Waals surface area contributed by atoms with E-state index in [0.29, 0.717) is 12.7 Å². The zero-order valence-corrected chi connectivity index (χ0v) is 9.89. The third kappa shape index (κ3) is 3.32. The summed E-state index contributed by atoms with van der Waals surface area (Å²) >= 11 is 0. The van der Waals surface area contributed by atoms with Gasteiger partial charge in [-0.2, -0.15) is 0 Å². The molecule has 0 aliphatic carbocycles. The van der Waals surface area contributed by atoms with Crippen molar-refractivity contribution in [2.45, 2.75) is 32.5 Å². The van der Waals surface area contributed by atoms with Crippen LogP contribution in [0.1, 0.15) is 25.3 Å². The third-order valence-electron chi connectivity index (χ3n) is 3.16. The Labute approximate surface area is 97.6 Å². The van der Waals surface area contributed by atoms with Crippen LogP contribution >= 0.6 is 0 Å². The van der Waals surface area contributed by atoms with Crippen molar-refractivity contribution in [3.05, 3.63) is 35.9 Å². The van der Waals surface area contributed by atoms with E-state index in [1.807, 2.05) is 18.2 Å². The van der Waals surface area contributed by atoms with Crippen molar-refractivity contribution in [1.29, 1.82) is 0 Å². The molecule has 1 aromatic rings. The first-order valence-corrected chi connectivity index (χ1v) is 6.11. The Morgan fingerprint density at radius 3 is 2.81 bits per heavy atom. The molecule has 2 nitrogen and oxygen atoms in total. The van der Waals surface area contributed by atoms with Gasteiger partial charge in [0.05, 0.1) is 19.3 Å². The molecule has 0 N–H and O–H groups in total. The molecule has 1 saturated heterocycles. The maximum atomic E-state index is 5.67. The Bertz CT molecular complexity index is 297. The zero-order valence-electron chi connectivity index (χ0n) is 9.89. The van der Waals surface area contributed by atoms with E-state index in [1.165, 1.54) is 12.0 Å². The van der Waals surface area contributed by atoms with Gasteiger partial charge in [0.1, 0.15) is 0 Å². The van der Waals surface area contributed by atoms with E-state index in [9.17, 15) is 0 Å². The summed E-state index contributed by atoms with van der Waals surface area (Å²) in [5, 5.41) is 0. The van der Waals surface area contributed by atoms with E-state index in [0.717, 1.165) is 25.6 Å². The molecule has 16 heavy (non-hydrogen) atoms. The molecule has 1 heterocycles. The van der Waals surface area contributed by atoms with E-state index in [2.05, 4.69) is 19.1 Å². The summed E-state index contributed by atoms with van der Waals surface area (Å²) in [6.45, 7) is 4.56. The van der Waals surface area contributed by atoms with Gasteiger partial charge < -0.3 is 9.47 Å². The number of hydrogen-bond acceptors (Lipinski definition) is 2. The number of rotatable bonds is 5. The van der Waals surface area contributed by atoms with Gasteiger partial charge in [0.15, 0.2) is 0 Å². The molecule has 1 fully saturated rings. The minimum absolute atomic E-state index is 0.314. The minimum atomic E-state index is 0.314. The molecule has 2 heteroatoms. The number of benzene rings is 1. The smallest absolute Gasteiger partial charge is 0.0812 e. The van der Waals surface area contributed by atoms with Crippen molar-refractivity contribution >= 4 is 0 Å². The molecule has 0 aromatic heterocycles. The van der Waals surface area contributed by atoms with Crippen LogP contribution in [0.3, 0.4) is 0 Å². The van der Waals surface area contributed by atoms with E-state index in [4.69, 9.17) is 9.47 Å². The first-order valence-electron chi connectivity index (χ1n) is 6.11. The highest BCUT2D eigenvalue weighted by atomic mass is 16.5. The van der Waals surface area contributed by atoms with Gasteiger partial charge in [0.2, 0.25) is 0 Å². The lowest BCUT2D eigenvalue weighted by Crippen LogP contribution is -2.14. The Hall–Kier alpha value is -0.860. The second-order valence-electron chi connectivity index (χ2n) is 4.47. The summed E-state index contributed by atoms with van der Waals surface area (Å²) in [6.07, 6.45) is 2.69. The normalized spacial score (nSPS) is 24.8. The van der Waals surface area contributed by atoms with Gasteiger partial charge >= 0.3 is 0 Å². The molecule has 0 amide bonds. The van der Waals surface area contributed by atoms with Crippen molar-refractivity contribution in [2.75, 3.05) is 13.2 Å². The average molecular weight is 220 g/mol. The van der Waals surface area contributed by atoms with E-state index in [-0.39, 0.29) is 0 Å². The monoisotopic (exact) mass is 220 g/mol. The largest absolute Gasteiger partial charge is 0.376 e. The minimum Gasteiger partial charge on any atom is -0.376 e. The molecule has 1 aliphatic heterocycles. The molecule has 0 spiro atoms. The molecule has 88 valence electrons. The SMILES string of the molecule is CCC1COC(COCc2ccccc2)C1. The molecule has 2 rings (SSSR count). The lowest BCUT2D eigenvalue weighted by atomic mass is 10.0. The molecule has 2 atom stereocenters. The summed E-state index contributed by atoms with van der Waals surface area (Å²) < 4.78 is 11.3. The van der Waals surface area contributed by atoms with Crippen LogP contribution in [0.5, 0.6) is 0 Å². The Balaban J connectivity index is 1.65. The number of ether oxygens (including phenoxy) is 2. The number of hydrogen-bond donors (Lipinski definition) is 0. The average Bonchev–Trinajstić information content (AvgIpc) is 2.78. The Kier molecular flexibility index (Phi) is 4.37. The predicted octanol–water partition coefficient (Wildman–Crippen LogP) is 3.02. The Morgan fingerprint density at radius 2 is 2.12 bits per heavy atom. The summed E-state index contributed by atoms with van der Waals surface area (Å²) in [7, 11) is 0. The van der Waals surface area contributed by atoms with E-state index in [1.54, 1.807) is 0 Å². The highest BCUT2D eigenvalue weighted by Gasteiger charge is 2.23. The summed E-state index contributed by atoms with van der Waals surface area (Å²) in [5.74, 6) is 0.741. The van der Waals surface area contributed by atoms with Gasteiger partial charge in [-0.15, -0.1) is 0 Å². The van der Waals surface area contributed by atoms with Crippen LogP contribution in [-0.4, -0.2) is 19.3 Å². The van der Waals surface area contributed by atoms with Crippen molar-refractivity contribution in [2.24, 2.45) is 5.92 Å². The topological polar surface area (TPSA) is 18.5 Å². The summed E-state index contributed by atoms with van der Waals surface area (Å²) in [4.78, 5) is 0. The quantitative estimate of drug-likeness (QED) is 0.759. The molecule has 0 bridgehead atoms. The highest BCUT2D eigenvalue weighted by molar-refractivity contribution is 5.13. The molecular weight excluding hydrogens is 200 g/mol. The van der Waals surface area contributed by atoms with E-state index < -0.39 is 0 Å². The first kappa shape index (κ1) is 11.6. The van der Waals surface area contributed by atoms with Crippen LogP contribution in [0.15, 0.2) is 30.3 Å². The maximum absolute atomic E-state index is 5.67. The standard InChI is InChI=1S/C14H20O2/c1-2-12-8-14(16-10-12)11-15-9-13-6-4-3-5-7-13/h3-7,12,14H,2,8-11H2,1H3. The molecule has 1 aliphatic rings. The van der Waals surface area contributed by atoms with Gasteiger partial charge in [0, 0.05) is 6.61 Å². The van der Waals surface area contributed by atoms with Gasteiger partial charge in [-0.25, -0.2) is 0 Å². The lowest BCUT2D eigenvalue weighted by molar-refractivity contribution is 0.00995. The maximum Gasteiger partial charge on any atom is 0.0812 e. The predicted molar refractivity (Wildman–Crippen MR) is 64.2 cm³/mol. The fourth-order valence-electron chi connectivity index (χ4n) is 2.06. The van der Waals surface area contributed by atoms with Crippen LogP contribution in [-0.2, 0) is 16.1 Å². The first-order chi connectivity index (χ1) is 7.88. The molecule has 2 unspecified atom stereocenters. The van der Waals surface area contributed by atoms with Gasteiger partial charge in [-0.1, -0.05) is 43.7 Å². The van der Waals surface area contributed by atoms with Crippen molar-refractivity contribution in [3.8, 4) is 0 Å². The van der Waals surface area contributed by atoms with Crippen LogP contribution in [0.4, 0.5) is 0 Å². The zero-order chi connectivity index (χ0) is 11.2. The van der Waals surface area contributed by atoms with Gasteiger partial charge in [-0.05, 0) is 17.9 Å². The second kappa shape index (κ2) is 6.02. The van der Waals surface area contributed by atoms with Crippen molar-refractivity contribution < 1.29 is 9.47 Å². The van der Waals surface area contributed by atoms with E-state index >= 15 is 0 Å². The van der Waals surface area contributed by atoms with Crippen LogP contribution < -0.4 is 0 Å². The molecule has 1 aromatic carbocycles. The molecular formula is C14H20O2. The van der Waals surface area contributed by atoms with Gasteiger partial charge in [0.25, 0.3) is 0 Å². The fraction of sp³-hybridized carbons (Fsp3) is 0.571. The molecule has 0 saturated carbocycles. The fourth-order valence-corrected chi connectivity index (χ4v) is 2.06. The van der Waals surface area contributed by atoms with Crippen LogP contribution in [0.25, 0.3) is 0 Å². The summed E-state index contributed by atoms with van der Waals surface area (Å²) in [5.41, 5.74) is 1.23. The van der Waals surface area contributed by atoms with Gasteiger partial charge in [-0.3, -0.25) is 0 Å². The highest BCUT2D eigenvalue weighted by Crippen LogP contribution is 2.22.